The fourth-order valence-electron chi connectivity index (χ4n) is 3.65. The van der Waals surface area contributed by atoms with Gasteiger partial charge < -0.3 is 15.1 Å². The molecule has 5 nitrogen and oxygen atoms in total. The third-order valence-electron chi connectivity index (χ3n) is 5.65. The lowest BCUT2D eigenvalue weighted by Gasteiger charge is -2.31. The summed E-state index contributed by atoms with van der Waals surface area (Å²) in [4.78, 5) is 29.4. The van der Waals surface area contributed by atoms with Crippen molar-refractivity contribution in [2.24, 2.45) is 0 Å². The number of carbonyl (C=O) groups is 2. The van der Waals surface area contributed by atoms with Gasteiger partial charge in [0.2, 0.25) is 11.8 Å². The molecule has 0 unspecified atom stereocenters. The summed E-state index contributed by atoms with van der Waals surface area (Å²) in [7, 11) is 0. The smallest absolute Gasteiger partial charge is 0.243 e. The number of hydrogen-bond acceptors (Lipinski definition) is 3. The molecule has 0 radical (unpaired) electrons. The maximum Gasteiger partial charge on any atom is 0.243 e. The van der Waals surface area contributed by atoms with E-state index in [4.69, 9.17) is 0 Å². The minimum absolute atomic E-state index is 0.0878. The molecular formula is C24H31N3O2. The molecule has 1 heterocycles. The Kier molecular flexibility index (Phi) is 6.91. The Morgan fingerprint density at radius 2 is 1.62 bits per heavy atom. The molecule has 0 aromatic heterocycles. The summed E-state index contributed by atoms with van der Waals surface area (Å²) in [6, 6.07) is 13.9. The number of benzene rings is 2. The lowest BCUT2D eigenvalue weighted by atomic mass is 10.1. The average Bonchev–Trinajstić information content (AvgIpc) is 2.72. The SMILES string of the molecule is Cc1ccc(N(CC(=O)Nc2cccc(C)c2C)CC(=O)N2CCCCC2)cc1. The Hall–Kier alpha value is -2.82. The van der Waals surface area contributed by atoms with Crippen molar-refractivity contribution >= 4 is 23.2 Å². The number of amides is 2. The van der Waals surface area contributed by atoms with Crippen LogP contribution in [0.4, 0.5) is 11.4 Å². The molecule has 0 spiro atoms. The maximum atomic E-state index is 12.8. The Labute approximate surface area is 173 Å². The van der Waals surface area contributed by atoms with Gasteiger partial charge in [0.05, 0.1) is 13.1 Å². The number of carbonyl (C=O) groups excluding carboxylic acids is 2. The van der Waals surface area contributed by atoms with Crippen LogP contribution in [-0.2, 0) is 9.59 Å². The lowest BCUT2D eigenvalue weighted by molar-refractivity contribution is -0.130. The van der Waals surface area contributed by atoms with E-state index in [0.717, 1.165) is 54.0 Å². The number of likely N-dealkylation sites (tertiary alicyclic amines) is 1. The molecule has 1 N–H and O–H groups in total. The second-order valence-electron chi connectivity index (χ2n) is 7.93. The van der Waals surface area contributed by atoms with Crippen LogP contribution in [0.1, 0.15) is 36.0 Å². The van der Waals surface area contributed by atoms with Crippen molar-refractivity contribution in [3.63, 3.8) is 0 Å². The molecule has 154 valence electrons. The highest BCUT2D eigenvalue weighted by atomic mass is 16.2. The lowest BCUT2D eigenvalue weighted by Crippen LogP contribution is -2.45. The van der Waals surface area contributed by atoms with Gasteiger partial charge in [-0.3, -0.25) is 9.59 Å². The first-order valence-electron chi connectivity index (χ1n) is 10.4. The molecule has 29 heavy (non-hydrogen) atoms. The van der Waals surface area contributed by atoms with Gasteiger partial charge in [-0.2, -0.15) is 0 Å². The van der Waals surface area contributed by atoms with E-state index in [9.17, 15) is 9.59 Å². The van der Waals surface area contributed by atoms with Gasteiger partial charge in [-0.1, -0.05) is 29.8 Å². The predicted octanol–water partition coefficient (Wildman–Crippen LogP) is 4.07. The first-order valence-corrected chi connectivity index (χ1v) is 10.4. The number of aryl methyl sites for hydroxylation is 2. The van der Waals surface area contributed by atoms with Crippen LogP contribution in [0.2, 0.25) is 0 Å². The second-order valence-corrected chi connectivity index (χ2v) is 7.93. The molecule has 0 atom stereocenters. The van der Waals surface area contributed by atoms with Gasteiger partial charge in [0.15, 0.2) is 0 Å². The van der Waals surface area contributed by atoms with Gasteiger partial charge in [-0.25, -0.2) is 0 Å². The van der Waals surface area contributed by atoms with E-state index in [1.54, 1.807) is 0 Å². The molecule has 1 aliphatic rings. The summed E-state index contributed by atoms with van der Waals surface area (Å²) in [5.74, 6) is -0.0319. The van der Waals surface area contributed by atoms with Crippen molar-refractivity contribution in [1.82, 2.24) is 4.90 Å². The van der Waals surface area contributed by atoms with Gasteiger partial charge in [-0.15, -0.1) is 0 Å². The van der Waals surface area contributed by atoms with Crippen LogP contribution in [-0.4, -0.2) is 42.9 Å². The third kappa shape index (κ3) is 5.59. The molecule has 0 aliphatic carbocycles. The highest BCUT2D eigenvalue weighted by molar-refractivity contribution is 5.96. The van der Waals surface area contributed by atoms with E-state index in [0.29, 0.717) is 0 Å². The predicted molar refractivity (Wildman–Crippen MR) is 118 cm³/mol. The number of anilines is 2. The summed E-state index contributed by atoms with van der Waals surface area (Å²) in [6.07, 6.45) is 3.30. The zero-order valence-electron chi connectivity index (χ0n) is 17.7. The van der Waals surface area contributed by atoms with Crippen molar-refractivity contribution in [2.75, 3.05) is 36.4 Å². The van der Waals surface area contributed by atoms with Gasteiger partial charge in [0.25, 0.3) is 0 Å². The van der Waals surface area contributed by atoms with Crippen LogP contribution in [0.5, 0.6) is 0 Å². The van der Waals surface area contributed by atoms with Gasteiger partial charge in [0, 0.05) is 24.5 Å². The van der Waals surface area contributed by atoms with E-state index < -0.39 is 0 Å². The molecule has 2 amide bonds. The topological polar surface area (TPSA) is 52.7 Å². The molecule has 0 saturated carbocycles. The number of nitrogens with one attached hydrogen (secondary N) is 1. The second kappa shape index (κ2) is 9.59. The van der Waals surface area contributed by atoms with E-state index in [1.165, 1.54) is 6.42 Å². The van der Waals surface area contributed by atoms with Crippen LogP contribution in [0.25, 0.3) is 0 Å². The standard InChI is InChI=1S/C24H31N3O2/c1-18-10-12-21(13-11-18)27(17-24(29)26-14-5-4-6-15-26)16-23(28)25-22-9-7-8-19(2)20(22)3/h7-13H,4-6,14-17H2,1-3H3,(H,25,28). The van der Waals surface area contributed by atoms with Gasteiger partial charge in [-0.05, 0) is 69.4 Å². The largest absolute Gasteiger partial charge is 0.353 e. The molecule has 2 aromatic carbocycles. The number of piperidine rings is 1. The number of hydrogen-bond donors (Lipinski definition) is 1. The van der Waals surface area contributed by atoms with Crippen molar-refractivity contribution in [2.45, 2.75) is 40.0 Å². The first kappa shape index (κ1) is 20.9. The molecule has 0 bridgehead atoms. The van der Waals surface area contributed by atoms with E-state index in [2.05, 4.69) is 5.32 Å². The molecule has 2 aromatic rings. The van der Waals surface area contributed by atoms with Gasteiger partial charge >= 0.3 is 0 Å². The molecule has 1 saturated heterocycles. The quantitative estimate of drug-likeness (QED) is 0.805. The monoisotopic (exact) mass is 393 g/mol. The Morgan fingerprint density at radius 3 is 2.31 bits per heavy atom. The molecule has 1 aliphatic heterocycles. The summed E-state index contributed by atoms with van der Waals surface area (Å²) >= 11 is 0. The maximum absolute atomic E-state index is 12.8. The fraction of sp³-hybridized carbons (Fsp3) is 0.417. The van der Waals surface area contributed by atoms with Gasteiger partial charge in [0.1, 0.15) is 0 Å². The van der Waals surface area contributed by atoms with Crippen molar-refractivity contribution in [3.05, 3.63) is 59.2 Å². The summed E-state index contributed by atoms with van der Waals surface area (Å²) in [5.41, 5.74) is 5.06. The van der Waals surface area contributed by atoms with E-state index in [-0.39, 0.29) is 24.9 Å². The molecule has 1 fully saturated rings. The van der Waals surface area contributed by atoms with Crippen LogP contribution < -0.4 is 10.2 Å². The first-order chi connectivity index (χ1) is 13.9. The minimum Gasteiger partial charge on any atom is -0.353 e. The third-order valence-corrected chi connectivity index (χ3v) is 5.65. The molecule has 3 rings (SSSR count). The molecule has 5 heteroatoms. The van der Waals surface area contributed by atoms with Crippen LogP contribution in [0.3, 0.4) is 0 Å². The molecular weight excluding hydrogens is 362 g/mol. The van der Waals surface area contributed by atoms with Crippen molar-refractivity contribution in [3.8, 4) is 0 Å². The highest BCUT2D eigenvalue weighted by Gasteiger charge is 2.21. The minimum atomic E-state index is -0.120. The average molecular weight is 394 g/mol. The Balaban J connectivity index is 1.73. The number of rotatable bonds is 6. The van der Waals surface area contributed by atoms with Crippen molar-refractivity contribution < 1.29 is 9.59 Å². The number of nitrogens with zero attached hydrogens (tertiary/aromatic N) is 2. The highest BCUT2D eigenvalue weighted by Crippen LogP contribution is 2.20. The van der Waals surface area contributed by atoms with Crippen LogP contribution in [0.15, 0.2) is 42.5 Å². The van der Waals surface area contributed by atoms with Crippen LogP contribution >= 0.6 is 0 Å². The zero-order valence-corrected chi connectivity index (χ0v) is 17.7. The fourth-order valence-corrected chi connectivity index (χ4v) is 3.65. The summed E-state index contributed by atoms with van der Waals surface area (Å²) in [6.45, 7) is 8.04. The summed E-state index contributed by atoms with van der Waals surface area (Å²) < 4.78 is 0. The van der Waals surface area contributed by atoms with E-state index in [1.807, 2.05) is 73.0 Å². The normalized spacial score (nSPS) is 13.8. The van der Waals surface area contributed by atoms with Crippen molar-refractivity contribution in [1.29, 1.82) is 0 Å². The summed E-state index contributed by atoms with van der Waals surface area (Å²) in [5, 5.41) is 3.01. The van der Waals surface area contributed by atoms with E-state index >= 15 is 0 Å². The zero-order chi connectivity index (χ0) is 20.8. The Morgan fingerprint density at radius 1 is 0.931 bits per heavy atom. The van der Waals surface area contributed by atoms with Crippen LogP contribution in [0, 0.1) is 20.8 Å². The Bertz CT molecular complexity index is 855.